The van der Waals surface area contributed by atoms with E-state index in [0.717, 1.165) is 16.7 Å². The minimum Gasteiger partial charge on any atom is -0.225 e. The molecule has 106 valence electrons. The Kier molecular flexibility index (Phi) is 3.97. The highest BCUT2D eigenvalue weighted by Crippen LogP contribution is 2.35. The molecule has 3 nitrogen and oxygen atoms in total. The molecule has 2 rings (SSSR count). The van der Waals surface area contributed by atoms with E-state index in [1.165, 1.54) is 0 Å². The van der Waals surface area contributed by atoms with Gasteiger partial charge in [-0.15, -0.1) is 0 Å². The van der Waals surface area contributed by atoms with E-state index in [0.29, 0.717) is 11.5 Å². The molecule has 0 atom stereocenters. The molecular weight excluding hydrogens is 270 g/mol. The molecule has 0 fully saturated rings. The second-order valence-corrected chi connectivity index (χ2v) is 6.75. The Morgan fingerprint density at radius 3 is 2.10 bits per heavy atom. The smallest absolute Gasteiger partial charge is 0.225 e. The lowest BCUT2D eigenvalue weighted by atomic mass is 9.89. The highest BCUT2D eigenvalue weighted by Gasteiger charge is 2.19. The maximum atomic E-state index is 11.7. The quantitative estimate of drug-likeness (QED) is 0.941. The van der Waals surface area contributed by atoms with Crippen molar-refractivity contribution < 1.29 is 8.42 Å². The second-order valence-electron chi connectivity index (χ2n) is 5.22. The fourth-order valence-electron chi connectivity index (χ4n) is 2.49. The molecule has 0 amide bonds. The van der Waals surface area contributed by atoms with Crippen molar-refractivity contribution in [2.24, 2.45) is 5.14 Å². The maximum absolute atomic E-state index is 11.7. The van der Waals surface area contributed by atoms with Gasteiger partial charge in [0.2, 0.25) is 10.0 Å². The van der Waals surface area contributed by atoms with Crippen LogP contribution in [0.1, 0.15) is 30.9 Å². The van der Waals surface area contributed by atoms with Gasteiger partial charge in [-0.2, -0.15) is 0 Å². The molecule has 0 aliphatic carbocycles. The van der Waals surface area contributed by atoms with Crippen molar-refractivity contribution in [2.45, 2.75) is 31.6 Å². The number of hydrogen-bond donors (Lipinski definition) is 1. The first kappa shape index (κ1) is 14.8. The first-order valence-electron chi connectivity index (χ1n) is 6.54. The predicted molar refractivity (Wildman–Crippen MR) is 82.1 cm³/mol. The third-order valence-corrected chi connectivity index (χ3v) is 4.49. The maximum Gasteiger partial charge on any atom is 0.238 e. The summed E-state index contributed by atoms with van der Waals surface area (Å²) in [5.74, 6) is 0.304. The van der Waals surface area contributed by atoms with Crippen molar-refractivity contribution >= 4 is 10.0 Å². The summed E-state index contributed by atoms with van der Waals surface area (Å²) < 4.78 is 23.4. The van der Waals surface area contributed by atoms with Crippen LogP contribution < -0.4 is 5.14 Å². The topological polar surface area (TPSA) is 60.2 Å². The van der Waals surface area contributed by atoms with Gasteiger partial charge in [-0.1, -0.05) is 50.2 Å². The van der Waals surface area contributed by atoms with Gasteiger partial charge in [-0.3, -0.25) is 0 Å². The lowest BCUT2D eigenvalue weighted by Crippen LogP contribution is -2.14. The Labute approximate surface area is 120 Å². The Morgan fingerprint density at radius 2 is 1.60 bits per heavy atom. The zero-order valence-corrected chi connectivity index (χ0v) is 12.7. The van der Waals surface area contributed by atoms with Gasteiger partial charge in [0.1, 0.15) is 0 Å². The van der Waals surface area contributed by atoms with E-state index in [-0.39, 0.29) is 4.90 Å². The van der Waals surface area contributed by atoms with Gasteiger partial charge in [0.15, 0.2) is 0 Å². The van der Waals surface area contributed by atoms with Crippen LogP contribution in [0.5, 0.6) is 0 Å². The van der Waals surface area contributed by atoms with Crippen LogP contribution in [0.2, 0.25) is 0 Å². The van der Waals surface area contributed by atoms with Crippen molar-refractivity contribution in [3.05, 3.63) is 53.6 Å². The van der Waals surface area contributed by atoms with E-state index in [9.17, 15) is 8.42 Å². The summed E-state index contributed by atoms with van der Waals surface area (Å²) in [6.45, 7) is 6.00. The summed E-state index contributed by atoms with van der Waals surface area (Å²) in [5.41, 5.74) is 3.82. The molecule has 4 heteroatoms. The number of nitrogens with two attached hydrogens (primary N) is 1. The average molecular weight is 289 g/mol. The summed E-state index contributed by atoms with van der Waals surface area (Å²) in [5, 5.41) is 5.30. The molecule has 20 heavy (non-hydrogen) atoms. The van der Waals surface area contributed by atoms with E-state index in [1.54, 1.807) is 6.07 Å². The van der Waals surface area contributed by atoms with Crippen molar-refractivity contribution in [1.82, 2.24) is 0 Å². The molecule has 0 saturated carbocycles. The van der Waals surface area contributed by atoms with Gasteiger partial charge >= 0.3 is 0 Å². The lowest BCUT2D eigenvalue weighted by molar-refractivity contribution is 0.597. The van der Waals surface area contributed by atoms with E-state index < -0.39 is 10.0 Å². The molecule has 0 spiro atoms. The van der Waals surface area contributed by atoms with E-state index in [4.69, 9.17) is 5.14 Å². The van der Waals surface area contributed by atoms with Crippen molar-refractivity contribution in [2.75, 3.05) is 0 Å². The van der Waals surface area contributed by atoms with E-state index >= 15 is 0 Å². The van der Waals surface area contributed by atoms with Crippen molar-refractivity contribution in [3.8, 4) is 11.1 Å². The van der Waals surface area contributed by atoms with Crippen LogP contribution in [0.4, 0.5) is 0 Å². The Bertz CT molecular complexity index is 720. The molecule has 2 aromatic carbocycles. The summed E-state index contributed by atoms with van der Waals surface area (Å²) >= 11 is 0. The fourth-order valence-corrected chi connectivity index (χ4v) is 3.28. The number of rotatable bonds is 3. The number of primary sulfonamides is 1. The number of hydrogen-bond acceptors (Lipinski definition) is 2. The highest BCUT2D eigenvalue weighted by molar-refractivity contribution is 7.89. The third kappa shape index (κ3) is 2.76. The van der Waals surface area contributed by atoms with Crippen LogP contribution in [-0.2, 0) is 10.0 Å². The molecule has 0 saturated heterocycles. The summed E-state index contributed by atoms with van der Waals surface area (Å²) in [7, 11) is -3.71. The molecule has 0 aromatic heterocycles. The standard InChI is InChI=1S/C16H19NO2S/c1-11(2)14-9-10-15(20(17,18)19)12(3)16(14)13-7-5-4-6-8-13/h4-11H,1-3H3,(H2,17,18,19). The molecule has 0 bridgehead atoms. The third-order valence-electron chi connectivity index (χ3n) is 3.44. The normalized spacial score (nSPS) is 11.8. The SMILES string of the molecule is Cc1c(S(N)(=O)=O)ccc(C(C)C)c1-c1ccccc1. The molecule has 0 heterocycles. The summed E-state index contributed by atoms with van der Waals surface area (Å²) in [4.78, 5) is 0.195. The minimum absolute atomic E-state index is 0.195. The van der Waals surface area contributed by atoms with Crippen LogP contribution in [0, 0.1) is 6.92 Å². The van der Waals surface area contributed by atoms with Crippen LogP contribution in [0.3, 0.4) is 0 Å². The molecule has 0 aliphatic rings. The Balaban J connectivity index is 2.82. The van der Waals surface area contributed by atoms with Gasteiger partial charge in [0.25, 0.3) is 0 Å². The van der Waals surface area contributed by atoms with Crippen LogP contribution in [0.15, 0.2) is 47.4 Å². The second kappa shape index (κ2) is 5.38. The molecule has 0 aliphatic heterocycles. The van der Waals surface area contributed by atoms with E-state index in [1.807, 2.05) is 43.3 Å². The van der Waals surface area contributed by atoms with Gasteiger partial charge < -0.3 is 0 Å². The van der Waals surface area contributed by atoms with Crippen molar-refractivity contribution in [3.63, 3.8) is 0 Å². The average Bonchev–Trinajstić information content (AvgIpc) is 2.37. The molecule has 2 aromatic rings. The van der Waals surface area contributed by atoms with E-state index in [2.05, 4.69) is 13.8 Å². The predicted octanol–water partition coefficient (Wildman–Crippen LogP) is 3.43. The lowest BCUT2D eigenvalue weighted by Gasteiger charge is -2.18. The Morgan fingerprint density at radius 1 is 1.00 bits per heavy atom. The monoisotopic (exact) mass is 289 g/mol. The zero-order chi connectivity index (χ0) is 14.9. The van der Waals surface area contributed by atoms with Crippen LogP contribution in [0.25, 0.3) is 11.1 Å². The van der Waals surface area contributed by atoms with Gasteiger partial charge in [0, 0.05) is 0 Å². The molecule has 0 radical (unpaired) electrons. The zero-order valence-electron chi connectivity index (χ0n) is 11.9. The first-order valence-corrected chi connectivity index (χ1v) is 8.08. The van der Waals surface area contributed by atoms with Gasteiger partial charge in [-0.05, 0) is 41.2 Å². The van der Waals surface area contributed by atoms with Crippen molar-refractivity contribution in [1.29, 1.82) is 0 Å². The molecule has 0 unspecified atom stereocenters. The fraction of sp³-hybridized carbons (Fsp3) is 0.250. The number of benzene rings is 2. The van der Waals surface area contributed by atoms with Gasteiger partial charge in [0.05, 0.1) is 4.90 Å². The Hall–Kier alpha value is -1.65. The first-order chi connectivity index (χ1) is 9.32. The van der Waals surface area contributed by atoms with Gasteiger partial charge in [-0.25, -0.2) is 13.6 Å². The summed E-state index contributed by atoms with van der Waals surface area (Å²) in [6.07, 6.45) is 0. The largest absolute Gasteiger partial charge is 0.238 e. The van der Waals surface area contributed by atoms with Crippen LogP contribution >= 0.6 is 0 Å². The highest BCUT2D eigenvalue weighted by atomic mass is 32.2. The molecule has 2 N–H and O–H groups in total. The summed E-state index contributed by atoms with van der Waals surface area (Å²) in [6, 6.07) is 13.3. The number of sulfonamides is 1. The molecular formula is C16H19NO2S. The van der Waals surface area contributed by atoms with Crippen LogP contribution in [-0.4, -0.2) is 8.42 Å². The minimum atomic E-state index is -3.71.